The van der Waals surface area contributed by atoms with E-state index in [4.69, 9.17) is 0 Å². The Morgan fingerprint density at radius 2 is 1.61 bits per heavy atom. The Kier molecular flexibility index (Phi) is 3.80. The van der Waals surface area contributed by atoms with Gasteiger partial charge < -0.3 is 0 Å². The largest absolute Gasteiger partial charge is 0.256 e. The molecule has 0 radical (unpaired) electrons. The summed E-state index contributed by atoms with van der Waals surface area (Å²) < 4.78 is 4.33. The summed E-state index contributed by atoms with van der Waals surface area (Å²) in [6.07, 6.45) is 4.40. The van der Waals surface area contributed by atoms with E-state index in [1.807, 2.05) is 6.92 Å². The van der Waals surface area contributed by atoms with Crippen molar-refractivity contribution in [1.82, 2.24) is 9.67 Å². The molecule has 2 aromatic heterocycles. The third-order valence-corrected chi connectivity index (χ3v) is 4.41. The molecule has 118 valence electrons. The van der Waals surface area contributed by atoms with Crippen molar-refractivity contribution in [3.05, 3.63) is 64.7 Å². The molecule has 0 aliphatic rings. The minimum Gasteiger partial charge on any atom is -0.256 e. The van der Waals surface area contributed by atoms with Crippen LogP contribution in [0.4, 0.5) is 0 Å². The van der Waals surface area contributed by atoms with Gasteiger partial charge in [0.05, 0.1) is 17.5 Å². The third kappa shape index (κ3) is 2.67. The maximum Gasteiger partial charge on any atom is 0.203 e. The van der Waals surface area contributed by atoms with Crippen molar-refractivity contribution in [2.75, 3.05) is 0 Å². The van der Waals surface area contributed by atoms with Crippen LogP contribution in [0.1, 0.15) is 28.1 Å². The molecule has 0 saturated carbocycles. The van der Waals surface area contributed by atoms with Gasteiger partial charge >= 0.3 is 0 Å². The minimum absolute atomic E-state index is 1.06. The first kappa shape index (κ1) is 15.5. The zero-order valence-electron chi connectivity index (χ0n) is 14.8. The molecule has 0 fully saturated rings. The molecule has 0 bridgehead atoms. The number of aryl methyl sites for hydroxylation is 6. The molecule has 2 heterocycles. The van der Waals surface area contributed by atoms with Gasteiger partial charge in [0.1, 0.15) is 5.69 Å². The molecule has 1 aromatic carbocycles. The van der Waals surface area contributed by atoms with Crippen LogP contribution in [0.2, 0.25) is 0 Å². The molecule has 0 N–H and O–H groups in total. The third-order valence-electron chi connectivity index (χ3n) is 4.41. The van der Waals surface area contributed by atoms with Gasteiger partial charge in [0.15, 0.2) is 7.05 Å². The number of hydrogen-bond acceptors (Lipinski definition) is 1. The summed E-state index contributed by atoms with van der Waals surface area (Å²) in [4.78, 5) is 4.63. The number of rotatable bonds is 2. The van der Waals surface area contributed by atoms with E-state index in [0.29, 0.717) is 0 Å². The predicted octanol–water partition coefficient (Wildman–Crippen LogP) is 3.91. The zero-order valence-corrected chi connectivity index (χ0v) is 14.8. The maximum atomic E-state index is 4.63. The molecular weight excluding hydrogens is 282 g/mol. The number of nitrogens with zero attached hydrogens (tertiary/aromatic N) is 3. The highest BCUT2D eigenvalue weighted by Gasteiger charge is 2.19. The molecule has 3 aromatic rings. The standard InChI is InChI=1S/C20H24N3/c1-13-8-7-9-14(2)19(13)18-11-22(6)23(12-18)20-15(3)10-16(4)21-17(20)5/h7-12H,1-6H3/q+1. The molecule has 3 heteroatoms. The summed E-state index contributed by atoms with van der Waals surface area (Å²) >= 11 is 0. The zero-order chi connectivity index (χ0) is 16.7. The monoisotopic (exact) mass is 306 g/mol. The summed E-state index contributed by atoms with van der Waals surface area (Å²) in [6.45, 7) is 10.6. The molecule has 3 rings (SSSR count). The highest BCUT2D eigenvalue weighted by molar-refractivity contribution is 5.69. The van der Waals surface area contributed by atoms with E-state index in [9.17, 15) is 0 Å². The van der Waals surface area contributed by atoms with Gasteiger partial charge in [0, 0.05) is 5.69 Å². The van der Waals surface area contributed by atoms with Gasteiger partial charge in [-0.15, -0.1) is 9.36 Å². The summed E-state index contributed by atoms with van der Waals surface area (Å²) in [5.74, 6) is 0. The summed E-state index contributed by atoms with van der Waals surface area (Å²) in [5, 5.41) is 0. The molecule has 3 nitrogen and oxygen atoms in total. The van der Waals surface area contributed by atoms with Crippen molar-refractivity contribution in [3.8, 4) is 16.8 Å². The molecule has 0 saturated heterocycles. The maximum absolute atomic E-state index is 4.63. The van der Waals surface area contributed by atoms with Crippen molar-refractivity contribution < 1.29 is 4.68 Å². The first-order chi connectivity index (χ1) is 10.9. The van der Waals surface area contributed by atoms with Crippen LogP contribution in [0.3, 0.4) is 0 Å². The van der Waals surface area contributed by atoms with Gasteiger partial charge in [0.25, 0.3) is 0 Å². The Labute approximate surface area is 138 Å². The smallest absolute Gasteiger partial charge is 0.203 e. The molecule has 0 aliphatic carbocycles. The molecule has 0 aliphatic heterocycles. The first-order valence-corrected chi connectivity index (χ1v) is 7.98. The first-order valence-electron chi connectivity index (χ1n) is 7.98. The quantitative estimate of drug-likeness (QED) is 0.658. The van der Waals surface area contributed by atoms with Crippen LogP contribution in [0.5, 0.6) is 0 Å². The van der Waals surface area contributed by atoms with E-state index in [0.717, 1.165) is 17.1 Å². The van der Waals surface area contributed by atoms with Gasteiger partial charge in [-0.25, -0.2) is 0 Å². The molecule has 0 spiro atoms. The number of aromatic nitrogens is 3. The summed E-state index contributed by atoms with van der Waals surface area (Å²) in [5.41, 5.74) is 9.69. The van der Waals surface area contributed by atoms with Gasteiger partial charge in [-0.2, -0.15) is 0 Å². The predicted molar refractivity (Wildman–Crippen MR) is 93.9 cm³/mol. The van der Waals surface area contributed by atoms with Crippen molar-refractivity contribution in [2.24, 2.45) is 7.05 Å². The fourth-order valence-electron chi connectivity index (χ4n) is 3.50. The Hall–Kier alpha value is -2.42. The second-order valence-electron chi connectivity index (χ2n) is 6.41. The van der Waals surface area contributed by atoms with Crippen LogP contribution < -0.4 is 4.68 Å². The minimum atomic E-state index is 1.06. The van der Waals surface area contributed by atoms with Crippen LogP contribution in [0.15, 0.2) is 36.7 Å². The van der Waals surface area contributed by atoms with Crippen molar-refractivity contribution >= 4 is 0 Å². The van der Waals surface area contributed by atoms with E-state index in [1.54, 1.807) is 0 Å². The Morgan fingerprint density at radius 1 is 0.957 bits per heavy atom. The molecule has 0 amide bonds. The van der Waals surface area contributed by atoms with Crippen molar-refractivity contribution in [2.45, 2.75) is 34.6 Å². The number of pyridine rings is 1. The molecular formula is C20H24N3+. The number of hydrogen-bond donors (Lipinski definition) is 0. The van der Waals surface area contributed by atoms with E-state index >= 15 is 0 Å². The van der Waals surface area contributed by atoms with Crippen molar-refractivity contribution in [3.63, 3.8) is 0 Å². The Morgan fingerprint density at radius 3 is 2.22 bits per heavy atom. The Bertz CT molecular complexity index is 845. The lowest BCUT2D eigenvalue weighted by Crippen LogP contribution is -2.37. The van der Waals surface area contributed by atoms with Crippen molar-refractivity contribution in [1.29, 1.82) is 0 Å². The van der Waals surface area contributed by atoms with Crippen LogP contribution in [0, 0.1) is 34.6 Å². The van der Waals surface area contributed by atoms with Gasteiger partial charge in [-0.05, 0) is 62.9 Å². The average molecular weight is 306 g/mol. The van der Waals surface area contributed by atoms with Crippen LogP contribution in [-0.4, -0.2) is 9.67 Å². The lowest BCUT2D eigenvalue weighted by molar-refractivity contribution is -0.744. The molecule has 0 unspecified atom stereocenters. The van der Waals surface area contributed by atoms with Gasteiger partial charge in [0.2, 0.25) is 6.20 Å². The SMILES string of the molecule is Cc1cc(C)c(-n2cc(-c3c(C)cccc3C)c[n+]2C)c(C)n1. The van der Waals surface area contributed by atoms with Crippen LogP contribution in [-0.2, 0) is 7.05 Å². The average Bonchev–Trinajstić information content (AvgIpc) is 2.79. The Balaban J connectivity index is 2.21. The molecule has 23 heavy (non-hydrogen) atoms. The van der Waals surface area contributed by atoms with Crippen LogP contribution in [0.25, 0.3) is 16.8 Å². The molecule has 0 atom stereocenters. The lowest BCUT2D eigenvalue weighted by Gasteiger charge is -2.09. The van der Waals surface area contributed by atoms with E-state index in [-0.39, 0.29) is 0 Å². The normalized spacial score (nSPS) is 11.0. The fourth-order valence-corrected chi connectivity index (χ4v) is 3.50. The highest BCUT2D eigenvalue weighted by Crippen LogP contribution is 2.27. The lowest BCUT2D eigenvalue weighted by atomic mass is 9.98. The van der Waals surface area contributed by atoms with Gasteiger partial charge in [-0.1, -0.05) is 18.2 Å². The highest BCUT2D eigenvalue weighted by atomic mass is 15.4. The number of benzene rings is 1. The second kappa shape index (κ2) is 5.65. The fraction of sp³-hybridized carbons (Fsp3) is 0.300. The summed E-state index contributed by atoms with van der Waals surface area (Å²) in [7, 11) is 2.08. The van der Waals surface area contributed by atoms with E-state index in [1.165, 1.54) is 27.8 Å². The van der Waals surface area contributed by atoms with Gasteiger partial charge in [-0.3, -0.25) is 4.98 Å². The summed E-state index contributed by atoms with van der Waals surface area (Å²) in [6, 6.07) is 8.59. The topological polar surface area (TPSA) is 21.7 Å². The van der Waals surface area contributed by atoms with Crippen LogP contribution >= 0.6 is 0 Å². The second-order valence-corrected chi connectivity index (χ2v) is 6.41. The van der Waals surface area contributed by atoms with E-state index in [2.05, 4.69) is 85.7 Å². The van der Waals surface area contributed by atoms with E-state index < -0.39 is 0 Å².